The first-order chi connectivity index (χ1) is 16.6. The fourth-order valence-electron chi connectivity index (χ4n) is 4.29. The van der Waals surface area contributed by atoms with Crippen molar-refractivity contribution in [2.75, 3.05) is 37.9 Å². The van der Waals surface area contributed by atoms with Crippen LogP contribution < -0.4 is 24.8 Å². The maximum atomic E-state index is 13.5. The van der Waals surface area contributed by atoms with Gasteiger partial charge in [0.1, 0.15) is 5.75 Å². The second-order valence-corrected chi connectivity index (χ2v) is 10.5. The van der Waals surface area contributed by atoms with Gasteiger partial charge in [-0.25, -0.2) is 8.42 Å². The minimum atomic E-state index is -3.89. The van der Waals surface area contributed by atoms with Crippen molar-refractivity contribution in [2.24, 2.45) is 5.92 Å². The topological polar surface area (TPSA) is 123 Å². The van der Waals surface area contributed by atoms with Crippen LogP contribution in [-0.2, 0) is 19.6 Å². The molecule has 2 heterocycles. The first-order valence-electron chi connectivity index (χ1n) is 11.3. The monoisotopic (exact) mass is 503 g/mol. The molecule has 4 rings (SSSR count). The van der Waals surface area contributed by atoms with Crippen LogP contribution in [0, 0.1) is 12.8 Å². The summed E-state index contributed by atoms with van der Waals surface area (Å²) in [6.07, 6.45) is 0.401. The normalized spacial score (nSPS) is 20.3. The van der Waals surface area contributed by atoms with Crippen LogP contribution in [0.25, 0.3) is 0 Å². The average Bonchev–Trinajstić information content (AvgIpc) is 2.84. The quantitative estimate of drug-likeness (QED) is 0.621. The molecule has 0 aromatic heterocycles. The summed E-state index contributed by atoms with van der Waals surface area (Å²) < 4.78 is 44.5. The number of ether oxygens (including phenoxy) is 3. The number of benzene rings is 2. The Kier molecular flexibility index (Phi) is 6.91. The Morgan fingerprint density at radius 1 is 1.17 bits per heavy atom. The molecule has 0 radical (unpaired) electrons. The third kappa shape index (κ3) is 4.92. The van der Waals surface area contributed by atoms with Gasteiger partial charge in [-0.3, -0.25) is 9.59 Å². The zero-order chi connectivity index (χ0) is 25.3. The van der Waals surface area contributed by atoms with E-state index in [0.717, 1.165) is 0 Å². The second kappa shape index (κ2) is 9.74. The van der Waals surface area contributed by atoms with E-state index in [2.05, 4.69) is 10.6 Å². The number of anilines is 2. The highest BCUT2D eigenvalue weighted by atomic mass is 32.2. The van der Waals surface area contributed by atoms with E-state index in [1.807, 2.05) is 0 Å². The Labute approximate surface area is 204 Å². The number of nitrogens with zero attached hydrogens (tertiary/aromatic N) is 1. The number of hydrogen-bond donors (Lipinski definition) is 2. The molecule has 11 heteroatoms. The summed E-state index contributed by atoms with van der Waals surface area (Å²) in [5.41, 5.74) is 1.46. The van der Waals surface area contributed by atoms with E-state index < -0.39 is 22.0 Å². The van der Waals surface area contributed by atoms with E-state index in [4.69, 9.17) is 14.2 Å². The molecule has 2 atom stereocenters. The van der Waals surface area contributed by atoms with E-state index in [9.17, 15) is 18.0 Å². The zero-order valence-corrected chi connectivity index (χ0v) is 20.9. The first-order valence-corrected chi connectivity index (χ1v) is 12.7. The molecule has 2 N–H and O–H groups in total. The van der Waals surface area contributed by atoms with Gasteiger partial charge in [0, 0.05) is 30.9 Å². The molecule has 35 heavy (non-hydrogen) atoms. The Balaban J connectivity index is 1.52. The molecule has 1 saturated heterocycles. The Morgan fingerprint density at radius 2 is 1.91 bits per heavy atom. The van der Waals surface area contributed by atoms with Crippen LogP contribution in [0.15, 0.2) is 35.2 Å². The van der Waals surface area contributed by atoms with E-state index in [-0.39, 0.29) is 23.3 Å². The smallest absolute Gasteiger partial charge is 0.265 e. The number of amides is 2. The highest BCUT2D eigenvalue weighted by Crippen LogP contribution is 2.36. The van der Waals surface area contributed by atoms with Crippen molar-refractivity contribution in [3.8, 4) is 17.2 Å². The van der Waals surface area contributed by atoms with Crippen LogP contribution in [0.1, 0.15) is 25.3 Å². The molecule has 2 amide bonds. The molecular formula is C24H29N3O7S. The number of carbonyl (C=O) groups excluding carboxylic acids is 2. The number of fused-ring (bicyclic) bond motifs is 1. The second-order valence-electron chi connectivity index (χ2n) is 8.62. The first kappa shape index (κ1) is 24.8. The van der Waals surface area contributed by atoms with Crippen molar-refractivity contribution in [1.29, 1.82) is 0 Å². The molecule has 0 bridgehead atoms. The van der Waals surface area contributed by atoms with Gasteiger partial charge in [0.05, 0.1) is 30.7 Å². The molecule has 1 fully saturated rings. The molecule has 10 nitrogen and oxygen atoms in total. The number of rotatable bonds is 6. The van der Waals surface area contributed by atoms with E-state index in [1.54, 1.807) is 38.1 Å². The van der Waals surface area contributed by atoms with Gasteiger partial charge in [0.2, 0.25) is 15.9 Å². The molecule has 2 aliphatic rings. The average molecular weight is 504 g/mol. The van der Waals surface area contributed by atoms with Gasteiger partial charge in [0.15, 0.2) is 17.6 Å². The van der Waals surface area contributed by atoms with Crippen molar-refractivity contribution in [2.45, 2.75) is 37.7 Å². The molecule has 2 aromatic rings. The summed E-state index contributed by atoms with van der Waals surface area (Å²) in [5, 5.41) is 5.58. The van der Waals surface area contributed by atoms with Gasteiger partial charge in [-0.1, -0.05) is 0 Å². The number of piperidine rings is 1. The van der Waals surface area contributed by atoms with Crippen LogP contribution in [0.3, 0.4) is 0 Å². The number of carbonyl (C=O) groups is 2. The predicted molar refractivity (Wildman–Crippen MR) is 130 cm³/mol. The van der Waals surface area contributed by atoms with Gasteiger partial charge in [-0.2, -0.15) is 4.31 Å². The fourth-order valence-corrected chi connectivity index (χ4v) is 6.04. The number of methoxy groups -OCH3 is 2. The number of sulfonamides is 1. The van der Waals surface area contributed by atoms with Crippen LogP contribution in [0.5, 0.6) is 17.2 Å². The molecule has 0 aliphatic carbocycles. The minimum Gasteiger partial charge on any atom is -0.493 e. The number of nitrogens with one attached hydrogen (secondary N) is 2. The molecule has 0 saturated carbocycles. The Hall–Kier alpha value is -3.31. The van der Waals surface area contributed by atoms with Crippen LogP contribution in [0.4, 0.5) is 11.4 Å². The summed E-state index contributed by atoms with van der Waals surface area (Å²) in [4.78, 5) is 25.0. The lowest BCUT2D eigenvalue weighted by Crippen LogP contribution is -2.44. The fraction of sp³-hybridized carbons (Fsp3) is 0.417. The summed E-state index contributed by atoms with van der Waals surface area (Å²) in [7, 11) is -0.855. The van der Waals surface area contributed by atoms with E-state index in [0.29, 0.717) is 53.6 Å². The predicted octanol–water partition coefficient (Wildman–Crippen LogP) is 2.77. The molecule has 2 aliphatic heterocycles. The van der Waals surface area contributed by atoms with Gasteiger partial charge in [-0.05, 0) is 50.5 Å². The summed E-state index contributed by atoms with van der Waals surface area (Å²) >= 11 is 0. The molecule has 188 valence electrons. The third-order valence-corrected chi connectivity index (χ3v) is 8.24. The standard InChI is InChI=1S/C24H29N3O7S/c1-14-10-18-20(34-15(2)23(28)26-18)12-22(14)35(30,31)27-9-5-6-16(13-27)24(29)25-17-7-8-19(32-3)21(11-17)33-4/h7-8,10-12,15-16H,5-6,9,13H2,1-4H3,(H,25,29)(H,26,28)/t15-,16+/m0/s1. The molecule has 0 spiro atoms. The van der Waals surface area contributed by atoms with Gasteiger partial charge in [0.25, 0.3) is 5.91 Å². The highest BCUT2D eigenvalue weighted by Gasteiger charge is 2.35. The van der Waals surface area contributed by atoms with E-state index >= 15 is 0 Å². The van der Waals surface area contributed by atoms with Crippen molar-refractivity contribution in [3.63, 3.8) is 0 Å². The molecule has 0 unspecified atom stereocenters. The summed E-state index contributed by atoms with van der Waals surface area (Å²) in [6, 6.07) is 8.09. The lowest BCUT2D eigenvalue weighted by molar-refractivity contribution is -0.123. The Bertz CT molecular complexity index is 1260. The lowest BCUT2D eigenvalue weighted by Gasteiger charge is -2.32. The third-order valence-electron chi connectivity index (χ3n) is 6.23. The summed E-state index contributed by atoms with van der Waals surface area (Å²) in [6.45, 7) is 3.64. The molecular weight excluding hydrogens is 474 g/mol. The lowest BCUT2D eigenvalue weighted by atomic mass is 9.98. The van der Waals surface area contributed by atoms with E-state index in [1.165, 1.54) is 24.6 Å². The van der Waals surface area contributed by atoms with Crippen molar-refractivity contribution >= 4 is 33.2 Å². The zero-order valence-electron chi connectivity index (χ0n) is 20.1. The number of hydrogen-bond acceptors (Lipinski definition) is 7. The van der Waals surface area contributed by atoms with Crippen LogP contribution in [-0.4, -0.2) is 58.0 Å². The SMILES string of the molecule is COc1ccc(NC(=O)[C@@H]2CCCN(S(=O)(=O)c3cc4c(cc3C)NC(=O)[C@H](C)O4)C2)cc1OC. The highest BCUT2D eigenvalue weighted by molar-refractivity contribution is 7.89. The van der Waals surface area contributed by atoms with Gasteiger partial charge < -0.3 is 24.8 Å². The minimum absolute atomic E-state index is 0.0615. The number of aryl methyl sites for hydroxylation is 1. The largest absolute Gasteiger partial charge is 0.493 e. The summed E-state index contributed by atoms with van der Waals surface area (Å²) in [5.74, 6) is 0.264. The van der Waals surface area contributed by atoms with Crippen LogP contribution >= 0.6 is 0 Å². The maximum absolute atomic E-state index is 13.5. The molecule has 2 aromatic carbocycles. The Morgan fingerprint density at radius 3 is 2.63 bits per heavy atom. The maximum Gasteiger partial charge on any atom is 0.265 e. The van der Waals surface area contributed by atoms with Crippen molar-refractivity contribution in [3.05, 3.63) is 35.9 Å². The van der Waals surface area contributed by atoms with Crippen molar-refractivity contribution < 1.29 is 32.2 Å². The van der Waals surface area contributed by atoms with Gasteiger partial charge in [-0.15, -0.1) is 0 Å². The van der Waals surface area contributed by atoms with Crippen molar-refractivity contribution in [1.82, 2.24) is 4.31 Å². The van der Waals surface area contributed by atoms with Crippen LogP contribution in [0.2, 0.25) is 0 Å². The van der Waals surface area contributed by atoms with Gasteiger partial charge >= 0.3 is 0 Å².